The number of nitrogens with zero attached hydrogens (tertiary/aromatic N) is 3. The third-order valence-electron chi connectivity index (χ3n) is 5.14. The molecule has 0 radical (unpaired) electrons. The number of carboxylic acid groups (broad SMARTS) is 1. The van der Waals surface area contributed by atoms with E-state index in [0.717, 1.165) is 27.4 Å². The molecule has 2 heterocycles. The van der Waals surface area contributed by atoms with Gasteiger partial charge in [0.1, 0.15) is 0 Å². The van der Waals surface area contributed by atoms with Crippen molar-refractivity contribution in [3.8, 4) is 10.4 Å². The second kappa shape index (κ2) is 7.63. The number of benzene rings is 2. The van der Waals surface area contributed by atoms with Gasteiger partial charge in [-0.05, 0) is 66.3 Å². The second-order valence-corrected chi connectivity index (χ2v) is 7.89. The quantitative estimate of drug-likeness (QED) is 0.672. The number of amides is 1. The number of anilines is 2. The van der Waals surface area contributed by atoms with Crippen LogP contribution in [0.25, 0.3) is 10.4 Å². The summed E-state index contributed by atoms with van der Waals surface area (Å²) in [5.41, 5.74) is 3.74. The van der Waals surface area contributed by atoms with E-state index in [9.17, 15) is 14.7 Å². The first kappa shape index (κ1) is 19.1. The minimum absolute atomic E-state index is 0.00396. The molecule has 0 saturated carbocycles. The summed E-state index contributed by atoms with van der Waals surface area (Å²) in [4.78, 5) is 26.4. The molecule has 0 fully saturated rings. The van der Waals surface area contributed by atoms with Gasteiger partial charge in [0.25, 0.3) is 0 Å². The molecule has 0 saturated heterocycles. The maximum Gasteiger partial charge on any atom is 0.335 e. The van der Waals surface area contributed by atoms with Crippen molar-refractivity contribution in [2.75, 3.05) is 10.2 Å². The zero-order chi connectivity index (χ0) is 20.5. The Kier molecular flexibility index (Phi) is 5.02. The van der Waals surface area contributed by atoms with Gasteiger partial charge >= 0.3 is 5.97 Å². The predicted molar refractivity (Wildman–Crippen MR) is 112 cm³/mol. The number of aromatic nitrogens is 2. The summed E-state index contributed by atoms with van der Waals surface area (Å²) in [5.74, 6) is -1.04. The van der Waals surface area contributed by atoms with Crippen molar-refractivity contribution in [1.29, 1.82) is 0 Å². The van der Waals surface area contributed by atoms with Crippen LogP contribution in [0.4, 0.5) is 11.4 Å². The van der Waals surface area contributed by atoms with E-state index in [1.165, 1.54) is 18.5 Å². The van der Waals surface area contributed by atoms with Crippen molar-refractivity contribution in [1.82, 2.24) is 9.59 Å². The standard InChI is InChI=1S/C21H20N4O3S/c1-12-9-18(23-16-6-3-14(4-7-16)20-11-22-24-29-20)17-10-15(21(27)28)5-8-19(17)25(12)13(2)26/h3-8,10-12,18,23H,9H2,1-2H3,(H,27,28). The third kappa shape index (κ3) is 3.71. The third-order valence-corrected chi connectivity index (χ3v) is 5.85. The number of nitrogens with one attached hydrogen (secondary N) is 1. The average molecular weight is 408 g/mol. The van der Waals surface area contributed by atoms with Crippen LogP contribution in [0.3, 0.4) is 0 Å². The largest absolute Gasteiger partial charge is 0.478 e. The summed E-state index contributed by atoms with van der Waals surface area (Å²) in [6.45, 7) is 3.54. The Bertz CT molecular complexity index is 1050. The van der Waals surface area contributed by atoms with Gasteiger partial charge in [-0.15, -0.1) is 5.10 Å². The zero-order valence-electron chi connectivity index (χ0n) is 16.0. The lowest BCUT2D eigenvalue weighted by Crippen LogP contribution is -2.43. The normalized spacial score (nSPS) is 18.2. The smallest absolute Gasteiger partial charge is 0.335 e. The molecule has 1 aliphatic heterocycles. The van der Waals surface area contributed by atoms with Gasteiger partial charge in [-0.2, -0.15) is 0 Å². The van der Waals surface area contributed by atoms with Crippen LogP contribution >= 0.6 is 11.5 Å². The molecule has 0 bridgehead atoms. The molecule has 8 heteroatoms. The van der Waals surface area contributed by atoms with E-state index >= 15 is 0 Å². The summed E-state index contributed by atoms with van der Waals surface area (Å²) in [5, 5.41) is 16.8. The molecule has 0 aliphatic carbocycles. The van der Waals surface area contributed by atoms with E-state index in [2.05, 4.69) is 14.9 Å². The lowest BCUT2D eigenvalue weighted by molar-refractivity contribution is -0.117. The molecule has 2 atom stereocenters. The van der Waals surface area contributed by atoms with Gasteiger partial charge in [0, 0.05) is 24.3 Å². The first-order chi connectivity index (χ1) is 13.9. The Morgan fingerprint density at radius 2 is 1.97 bits per heavy atom. The topological polar surface area (TPSA) is 95.4 Å². The van der Waals surface area contributed by atoms with E-state index in [-0.39, 0.29) is 23.6 Å². The number of carbonyl (C=O) groups is 2. The maximum atomic E-state index is 12.2. The second-order valence-electron chi connectivity index (χ2n) is 7.11. The Labute approximate surface area is 172 Å². The monoisotopic (exact) mass is 408 g/mol. The molecule has 1 aromatic heterocycles. The van der Waals surface area contributed by atoms with Gasteiger partial charge in [-0.3, -0.25) is 4.79 Å². The van der Waals surface area contributed by atoms with Crippen LogP contribution in [0, 0.1) is 0 Å². The van der Waals surface area contributed by atoms with Crippen molar-refractivity contribution < 1.29 is 14.7 Å². The zero-order valence-corrected chi connectivity index (χ0v) is 16.8. The molecular formula is C21H20N4O3S. The highest BCUT2D eigenvalue weighted by atomic mass is 32.1. The van der Waals surface area contributed by atoms with Crippen LogP contribution in [-0.2, 0) is 4.79 Å². The molecule has 29 heavy (non-hydrogen) atoms. The minimum atomic E-state index is -0.984. The Morgan fingerprint density at radius 3 is 2.59 bits per heavy atom. The lowest BCUT2D eigenvalue weighted by Gasteiger charge is -2.39. The molecule has 0 spiro atoms. The number of fused-ring (bicyclic) bond motifs is 1. The number of aromatic carboxylic acids is 1. The van der Waals surface area contributed by atoms with Crippen LogP contribution in [-0.4, -0.2) is 32.6 Å². The number of hydrogen-bond acceptors (Lipinski definition) is 6. The number of carbonyl (C=O) groups excluding carboxylic acids is 1. The van der Waals surface area contributed by atoms with Crippen LogP contribution < -0.4 is 10.2 Å². The molecular weight excluding hydrogens is 388 g/mol. The molecule has 7 nitrogen and oxygen atoms in total. The molecule has 4 rings (SSSR count). The maximum absolute atomic E-state index is 12.2. The Balaban J connectivity index is 1.66. The Morgan fingerprint density at radius 1 is 1.21 bits per heavy atom. The van der Waals surface area contributed by atoms with Crippen molar-refractivity contribution in [2.24, 2.45) is 0 Å². The van der Waals surface area contributed by atoms with E-state index in [4.69, 9.17) is 0 Å². The van der Waals surface area contributed by atoms with Gasteiger partial charge in [0.15, 0.2) is 0 Å². The first-order valence-corrected chi connectivity index (χ1v) is 10.0. The summed E-state index contributed by atoms with van der Waals surface area (Å²) in [6.07, 6.45) is 2.41. The van der Waals surface area contributed by atoms with Gasteiger partial charge in [-0.25, -0.2) is 4.79 Å². The summed E-state index contributed by atoms with van der Waals surface area (Å²) in [7, 11) is 0. The summed E-state index contributed by atoms with van der Waals surface area (Å²) >= 11 is 1.34. The molecule has 148 valence electrons. The van der Waals surface area contributed by atoms with Crippen LogP contribution in [0.15, 0.2) is 48.7 Å². The molecule has 1 aliphatic rings. The summed E-state index contributed by atoms with van der Waals surface area (Å²) in [6, 6.07) is 12.8. The highest BCUT2D eigenvalue weighted by Gasteiger charge is 2.33. The predicted octanol–water partition coefficient (Wildman–Crippen LogP) is 4.20. The fourth-order valence-electron chi connectivity index (χ4n) is 3.84. The van der Waals surface area contributed by atoms with E-state index in [1.807, 2.05) is 31.2 Å². The fraction of sp³-hybridized carbons (Fsp3) is 0.238. The van der Waals surface area contributed by atoms with Crippen LogP contribution in [0.2, 0.25) is 0 Å². The molecule has 2 N–H and O–H groups in total. The highest BCUT2D eigenvalue weighted by Crippen LogP contribution is 2.39. The van der Waals surface area contributed by atoms with E-state index in [1.54, 1.807) is 29.3 Å². The lowest BCUT2D eigenvalue weighted by atomic mass is 9.90. The fourth-order valence-corrected chi connectivity index (χ4v) is 4.36. The van der Waals surface area contributed by atoms with Crippen molar-refractivity contribution in [2.45, 2.75) is 32.4 Å². The first-order valence-electron chi connectivity index (χ1n) is 9.25. The Hall–Kier alpha value is -3.26. The molecule has 2 aromatic carbocycles. The van der Waals surface area contributed by atoms with E-state index in [0.29, 0.717) is 6.42 Å². The SMILES string of the molecule is CC(=O)N1c2ccc(C(=O)O)cc2C(Nc2ccc(-c3cnns3)cc2)CC1C. The summed E-state index contributed by atoms with van der Waals surface area (Å²) < 4.78 is 3.89. The van der Waals surface area contributed by atoms with Gasteiger partial charge in [0.05, 0.1) is 22.7 Å². The van der Waals surface area contributed by atoms with Crippen molar-refractivity contribution in [3.63, 3.8) is 0 Å². The molecule has 3 aromatic rings. The average Bonchev–Trinajstić information content (AvgIpc) is 3.22. The van der Waals surface area contributed by atoms with Crippen LogP contribution in [0.1, 0.15) is 42.2 Å². The number of carboxylic acids is 1. The van der Waals surface area contributed by atoms with Crippen molar-refractivity contribution >= 4 is 34.8 Å². The van der Waals surface area contributed by atoms with Crippen LogP contribution in [0.5, 0.6) is 0 Å². The van der Waals surface area contributed by atoms with Gasteiger partial charge in [0.2, 0.25) is 5.91 Å². The minimum Gasteiger partial charge on any atom is -0.478 e. The van der Waals surface area contributed by atoms with E-state index < -0.39 is 5.97 Å². The van der Waals surface area contributed by atoms with Crippen molar-refractivity contribution in [3.05, 3.63) is 59.8 Å². The number of hydrogen-bond donors (Lipinski definition) is 2. The molecule has 2 unspecified atom stereocenters. The number of rotatable bonds is 4. The molecule has 1 amide bonds. The highest BCUT2D eigenvalue weighted by molar-refractivity contribution is 7.09. The van der Waals surface area contributed by atoms with Gasteiger partial charge in [-0.1, -0.05) is 16.6 Å². The van der Waals surface area contributed by atoms with Gasteiger partial charge < -0.3 is 15.3 Å².